The number of para-hydroxylation sites is 2. The van der Waals surface area contributed by atoms with Crippen molar-refractivity contribution in [3.05, 3.63) is 35.3 Å². The van der Waals surface area contributed by atoms with Gasteiger partial charge in [0.2, 0.25) is 11.9 Å². The number of carbonyl (C=O) groups excluding carboxylic acids is 2. The van der Waals surface area contributed by atoms with Gasteiger partial charge in [-0.25, -0.2) is 14.8 Å². The highest BCUT2D eigenvalue weighted by Gasteiger charge is 2.28. The lowest BCUT2D eigenvalue weighted by molar-refractivity contribution is -0.117. The molecule has 1 N–H and O–H groups in total. The number of carbonyl (C=O) groups is 2. The van der Waals surface area contributed by atoms with Gasteiger partial charge < -0.3 is 9.30 Å². The molecule has 128 valence electrons. The summed E-state index contributed by atoms with van der Waals surface area (Å²) in [5.41, 5.74) is 2.52. The number of fused-ring (bicyclic) bond motifs is 3. The van der Waals surface area contributed by atoms with Gasteiger partial charge in [-0.05, 0) is 12.1 Å². The first-order valence-corrected chi connectivity index (χ1v) is 8.58. The second kappa shape index (κ2) is 6.17. The predicted octanol–water partition coefficient (Wildman–Crippen LogP) is 2.26. The van der Waals surface area contributed by atoms with Crippen LogP contribution in [0, 0.1) is 0 Å². The van der Waals surface area contributed by atoms with Crippen LogP contribution >= 0.6 is 11.3 Å². The van der Waals surface area contributed by atoms with Crippen molar-refractivity contribution in [1.82, 2.24) is 14.5 Å². The van der Waals surface area contributed by atoms with E-state index in [9.17, 15) is 9.59 Å². The molecular weight excluding hydrogens is 342 g/mol. The molecular formula is C16H15N5O3S. The van der Waals surface area contributed by atoms with Crippen molar-refractivity contribution < 1.29 is 14.3 Å². The molecule has 0 radical (unpaired) electrons. The minimum atomic E-state index is -0.583. The Bertz CT molecular complexity index is 964. The Morgan fingerprint density at radius 2 is 2.12 bits per heavy atom. The van der Waals surface area contributed by atoms with E-state index in [1.807, 2.05) is 24.3 Å². The number of benzene rings is 1. The first-order chi connectivity index (χ1) is 12.2. The van der Waals surface area contributed by atoms with Crippen LogP contribution in [0.25, 0.3) is 11.0 Å². The Kier molecular flexibility index (Phi) is 3.85. The topological polar surface area (TPSA) is 89.3 Å². The number of aromatic nitrogens is 3. The fourth-order valence-corrected chi connectivity index (χ4v) is 3.56. The van der Waals surface area contributed by atoms with Crippen LogP contribution < -0.4 is 10.2 Å². The zero-order chi connectivity index (χ0) is 17.4. The average Bonchev–Trinajstić information content (AvgIpc) is 3.29. The van der Waals surface area contributed by atoms with E-state index in [1.54, 1.807) is 10.3 Å². The minimum absolute atomic E-state index is 0.0658. The molecule has 0 unspecified atom stereocenters. The van der Waals surface area contributed by atoms with Crippen molar-refractivity contribution in [2.45, 2.75) is 13.0 Å². The third-order valence-corrected chi connectivity index (χ3v) is 4.81. The lowest BCUT2D eigenvalue weighted by Crippen LogP contribution is -2.31. The number of anilines is 2. The van der Waals surface area contributed by atoms with Crippen LogP contribution in [0.3, 0.4) is 0 Å². The molecule has 25 heavy (non-hydrogen) atoms. The summed E-state index contributed by atoms with van der Waals surface area (Å²) in [6.45, 7) is 1.33. The lowest BCUT2D eigenvalue weighted by Gasteiger charge is -2.12. The Hall–Kier alpha value is -2.94. The monoisotopic (exact) mass is 357 g/mol. The van der Waals surface area contributed by atoms with Gasteiger partial charge >= 0.3 is 6.09 Å². The highest BCUT2D eigenvalue weighted by atomic mass is 32.1. The summed E-state index contributed by atoms with van der Waals surface area (Å²) >= 11 is 1.25. The number of nitrogens with one attached hydrogen (secondary N) is 1. The summed E-state index contributed by atoms with van der Waals surface area (Å²) in [6, 6.07) is 7.84. The predicted molar refractivity (Wildman–Crippen MR) is 93.9 cm³/mol. The first kappa shape index (κ1) is 15.6. The molecule has 1 aromatic carbocycles. The Morgan fingerprint density at radius 3 is 2.96 bits per heavy atom. The third-order valence-electron chi connectivity index (χ3n) is 4.00. The molecule has 4 rings (SSSR count). The molecule has 3 heterocycles. The van der Waals surface area contributed by atoms with E-state index in [0.717, 1.165) is 17.6 Å². The van der Waals surface area contributed by atoms with E-state index in [2.05, 4.69) is 24.6 Å². The Labute approximate surface area is 147 Å². The van der Waals surface area contributed by atoms with Crippen LogP contribution in [0.5, 0.6) is 0 Å². The summed E-state index contributed by atoms with van der Waals surface area (Å²) < 4.78 is 6.58. The van der Waals surface area contributed by atoms with Crippen molar-refractivity contribution >= 4 is 45.5 Å². The molecule has 0 spiro atoms. The largest absolute Gasteiger partial charge is 0.453 e. The summed E-state index contributed by atoms with van der Waals surface area (Å²) in [7, 11) is 1.28. The maximum atomic E-state index is 12.7. The number of imidazole rings is 1. The van der Waals surface area contributed by atoms with E-state index in [4.69, 9.17) is 0 Å². The molecule has 2 aromatic heterocycles. The molecule has 0 aliphatic carbocycles. The number of methoxy groups -OCH3 is 1. The van der Waals surface area contributed by atoms with Crippen LogP contribution in [0.15, 0.2) is 29.6 Å². The maximum absolute atomic E-state index is 12.7. The van der Waals surface area contributed by atoms with E-state index in [-0.39, 0.29) is 12.3 Å². The minimum Gasteiger partial charge on any atom is -0.453 e. The maximum Gasteiger partial charge on any atom is 0.413 e. The van der Waals surface area contributed by atoms with Gasteiger partial charge in [0.25, 0.3) is 0 Å². The van der Waals surface area contributed by atoms with Crippen LogP contribution in [-0.4, -0.2) is 40.2 Å². The molecule has 3 aromatic rings. The van der Waals surface area contributed by atoms with Crippen LogP contribution in [0.4, 0.5) is 15.9 Å². The Morgan fingerprint density at radius 1 is 1.28 bits per heavy atom. The van der Waals surface area contributed by atoms with Gasteiger partial charge in [0.15, 0.2) is 5.13 Å². The quantitative estimate of drug-likeness (QED) is 0.777. The van der Waals surface area contributed by atoms with Gasteiger partial charge in [-0.2, -0.15) is 0 Å². The molecule has 0 saturated heterocycles. The second-order valence-corrected chi connectivity index (χ2v) is 6.39. The van der Waals surface area contributed by atoms with Crippen LogP contribution in [0.1, 0.15) is 5.69 Å². The molecule has 0 saturated carbocycles. The summed E-state index contributed by atoms with van der Waals surface area (Å²) in [4.78, 5) is 34.4. The number of hydrogen-bond acceptors (Lipinski definition) is 6. The number of hydrogen-bond donors (Lipinski definition) is 1. The highest BCUT2D eigenvalue weighted by molar-refractivity contribution is 7.13. The second-order valence-electron chi connectivity index (χ2n) is 5.53. The molecule has 1 aliphatic heterocycles. The fraction of sp³-hybridized carbons (Fsp3) is 0.250. The zero-order valence-corrected chi connectivity index (χ0v) is 14.2. The Balaban J connectivity index is 1.51. The molecule has 8 nitrogen and oxygen atoms in total. The van der Waals surface area contributed by atoms with Gasteiger partial charge in [0.05, 0.1) is 30.3 Å². The van der Waals surface area contributed by atoms with Gasteiger partial charge in [-0.15, -0.1) is 11.3 Å². The molecule has 0 bridgehead atoms. The molecule has 9 heteroatoms. The standard InChI is InChI=1S/C16H15N5O3S/c1-24-16(23)19-14-17-10(9-25-14)8-13(22)21-7-6-20-12-5-3-2-4-11(12)18-15(20)21/h2-5,9H,6-8H2,1H3,(H,17,19,23). The highest BCUT2D eigenvalue weighted by Crippen LogP contribution is 2.27. The number of amides is 2. The summed E-state index contributed by atoms with van der Waals surface area (Å²) in [6.07, 6.45) is -0.428. The van der Waals surface area contributed by atoms with Crippen molar-refractivity contribution in [3.63, 3.8) is 0 Å². The fourth-order valence-electron chi connectivity index (χ4n) is 2.86. The van der Waals surface area contributed by atoms with E-state index >= 15 is 0 Å². The number of ether oxygens (including phenoxy) is 1. The molecule has 0 atom stereocenters. The average molecular weight is 357 g/mol. The van der Waals surface area contributed by atoms with Gasteiger partial charge in [0.1, 0.15) is 0 Å². The van der Waals surface area contributed by atoms with E-state index in [0.29, 0.717) is 23.3 Å². The first-order valence-electron chi connectivity index (χ1n) is 7.70. The normalized spacial score (nSPS) is 13.1. The van der Waals surface area contributed by atoms with E-state index in [1.165, 1.54) is 18.4 Å². The van der Waals surface area contributed by atoms with Crippen molar-refractivity contribution in [2.24, 2.45) is 0 Å². The van der Waals surface area contributed by atoms with Gasteiger partial charge in [-0.1, -0.05) is 12.1 Å². The molecule has 0 fully saturated rings. The van der Waals surface area contributed by atoms with Gasteiger partial charge in [-0.3, -0.25) is 15.0 Å². The van der Waals surface area contributed by atoms with Crippen molar-refractivity contribution in [2.75, 3.05) is 23.9 Å². The number of thiazole rings is 1. The van der Waals surface area contributed by atoms with Crippen molar-refractivity contribution in [3.8, 4) is 0 Å². The smallest absolute Gasteiger partial charge is 0.413 e. The van der Waals surface area contributed by atoms with Crippen LogP contribution in [-0.2, 0) is 22.5 Å². The van der Waals surface area contributed by atoms with Crippen molar-refractivity contribution in [1.29, 1.82) is 0 Å². The SMILES string of the molecule is COC(=O)Nc1nc(CC(=O)N2CCn3c2nc2ccccc23)cs1. The summed E-state index contributed by atoms with van der Waals surface area (Å²) in [5.74, 6) is 0.610. The van der Waals surface area contributed by atoms with E-state index < -0.39 is 6.09 Å². The molecule has 1 aliphatic rings. The lowest BCUT2D eigenvalue weighted by atomic mass is 10.3. The summed E-state index contributed by atoms with van der Waals surface area (Å²) in [5, 5.41) is 4.65. The van der Waals surface area contributed by atoms with Gasteiger partial charge in [0, 0.05) is 18.5 Å². The van der Waals surface area contributed by atoms with Crippen LogP contribution in [0.2, 0.25) is 0 Å². The number of rotatable bonds is 3. The number of nitrogens with zero attached hydrogens (tertiary/aromatic N) is 4. The zero-order valence-electron chi connectivity index (χ0n) is 13.4. The molecule has 2 amide bonds. The third kappa shape index (κ3) is 2.82.